The summed E-state index contributed by atoms with van der Waals surface area (Å²) >= 11 is 0. The molecule has 0 radical (unpaired) electrons. The summed E-state index contributed by atoms with van der Waals surface area (Å²) in [5.41, 5.74) is 2.50. The maximum atomic E-state index is 4.31. The van der Waals surface area contributed by atoms with Gasteiger partial charge in [0.05, 0.1) is 0 Å². The van der Waals surface area contributed by atoms with Crippen LogP contribution >= 0.6 is 0 Å². The molecule has 0 aliphatic rings. The van der Waals surface area contributed by atoms with Gasteiger partial charge in [-0.3, -0.25) is 4.98 Å². The van der Waals surface area contributed by atoms with Gasteiger partial charge < -0.3 is 9.88 Å². The predicted octanol–water partition coefficient (Wildman–Crippen LogP) is 2.63. The quantitative estimate of drug-likeness (QED) is 0.758. The molecule has 0 atom stereocenters. The van der Waals surface area contributed by atoms with Gasteiger partial charge in [-0.15, -0.1) is 0 Å². The number of aromatic nitrogens is 2. The van der Waals surface area contributed by atoms with E-state index in [1.54, 1.807) is 0 Å². The number of hydrogen-bond donors (Lipinski definition) is 1. The van der Waals surface area contributed by atoms with Gasteiger partial charge in [0, 0.05) is 50.3 Å². The lowest BCUT2D eigenvalue weighted by molar-refractivity contribution is 0.663. The summed E-state index contributed by atoms with van der Waals surface area (Å²) in [5, 5.41) is 3.45. The van der Waals surface area contributed by atoms with Crippen LogP contribution < -0.4 is 5.32 Å². The zero-order valence-corrected chi connectivity index (χ0v) is 11.0. The lowest BCUT2D eigenvalue weighted by Crippen LogP contribution is -2.16. The molecular weight excluding hydrogens is 222 g/mol. The van der Waals surface area contributed by atoms with Crippen molar-refractivity contribution >= 4 is 0 Å². The highest BCUT2D eigenvalue weighted by atomic mass is 14.9. The molecule has 0 spiro atoms. The highest BCUT2D eigenvalue weighted by Gasteiger charge is 1.97. The molecule has 2 aromatic heterocycles. The third-order valence-corrected chi connectivity index (χ3v) is 2.91. The third kappa shape index (κ3) is 4.00. The lowest BCUT2D eigenvalue weighted by atomic mass is 10.2. The monoisotopic (exact) mass is 243 g/mol. The number of hydrogen-bond acceptors (Lipinski definition) is 2. The van der Waals surface area contributed by atoms with E-state index < -0.39 is 0 Å². The van der Waals surface area contributed by atoms with Gasteiger partial charge in [0.25, 0.3) is 0 Å². The summed E-state index contributed by atoms with van der Waals surface area (Å²) in [4.78, 5) is 4.31. The molecule has 2 heterocycles. The summed E-state index contributed by atoms with van der Waals surface area (Å²) in [7, 11) is 0. The molecule has 0 bridgehead atoms. The summed E-state index contributed by atoms with van der Waals surface area (Å²) < 4.78 is 2.25. The zero-order chi connectivity index (χ0) is 12.6. The third-order valence-electron chi connectivity index (χ3n) is 2.91. The molecule has 0 unspecified atom stereocenters. The van der Waals surface area contributed by atoms with Gasteiger partial charge in [-0.1, -0.05) is 13.0 Å². The minimum Gasteiger partial charge on any atom is -0.354 e. The highest BCUT2D eigenvalue weighted by Crippen LogP contribution is 2.02. The predicted molar refractivity (Wildman–Crippen MR) is 74.4 cm³/mol. The number of pyridine rings is 1. The van der Waals surface area contributed by atoms with Crippen molar-refractivity contribution in [3.63, 3.8) is 0 Å². The van der Waals surface area contributed by atoms with Crippen LogP contribution in [0.3, 0.4) is 0 Å². The topological polar surface area (TPSA) is 29.9 Å². The van der Waals surface area contributed by atoms with E-state index in [2.05, 4.69) is 46.3 Å². The van der Waals surface area contributed by atoms with Crippen LogP contribution in [0.5, 0.6) is 0 Å². The van der Waals surface area contributed by atoms with E-state index >= 15 is 0 Å². The zero-order valence-electron chi connectivity index (χ0n) is 11.0. The molecular formula is C15H21N3. The van der Waals surface area contributed by atoms with Gasteiger partial charge in [-0.05, 0) is 30.2 Å². The maximum absolute atomic E-state index is 4.31. The Morgan fingerprint density at radius 2 is 2.22 bits per heavy atom. The maximum Gasteiger partial charge on any atom is 0.0416 e. The van der Waals surface area contributed by atoms with Crippen LogP contribution in [0.15, 0.2) is 42.9 Å². The second-order valence-corrected chi connectivity index (χ2v) is 4.51. The Hall–Kier alpha value is -1.61. The molecule has 18 heavy (non-hydrogen) atoms. The number of nitrogens with zero attached hydrogens (tertiary/aromatic N) is 2. The van der Waals surface area contributed by atoms with Crippen molar-refractivity contribution < 1.29 is 0 Å². The van der Waals surface area contributed by atoms with Gasteiger partial charge in [-0.2, -0.15) is 0 Å². The fourth-order valence-corrected chi connectivity index (χ4v) is 1.99. The Morgan fingerprint density at radius 1 is 1.28 bits per heavy atom. The Morgan fingerprint density at radius 3 is 3.00 bits per heavy atom. The van der Waals surface area contributed by atoms with E-state index in [0.717, 1.165) is 31.7 Å². The van der Waals surface area contributed by atoms with Crippen LogP contribution in [0.1, 0.15) is 24.6 Å². The van der Waals surface area contributed by atoms with E-state index in [9.17, 15) is 0 Å². The fourth-order valence-electron chi connectivity index (χ4n) is 1.99. The van der Waals surface area contributed by atoms with Crippen LogP contribution in [-0.2, 0) is 19.5 Å². The Bertz CT molecular complexity index is 448. The molecule has 1 N–H and O–H groups in total. The summed E-state index contributed by atoms with van der Waals surface area (Å²) in [5.74, 6) is 0. The Balaban J connectivity index is 1.68. The highest BCUT2D eigenvalue weighted by molar-refractivity contribution is 5.10. The first-order valence-corrected chi connectivity index (χ1v) is 6.64. The van der Waals surface area contributed by atoms with Crippen LogP contribution in [-0.4, -0.2) is 16.1 Å². The molecule has 0 aliphatic heterocycles. The molecule has 0 fully saturated rings. The smallest absolute Gasteiger partial charge is 0.0416 e. The Labute approximate surface area is 109 Å². The SMILES string of the molecule is CCCn1ccc(CNCCc2ccccn2)c1. The first-order chi connectivity index (χ1) is 8.88. The van der Waals surface area contributed by atoms with E-state index in [-0.39, 0.29) is 0 Å². The molecule has 2 rings (SSSR count). The average molecular weight is 243 g/mol. The van der Waals surface area contributed by atoms with Crippen LogP contribution in [0.4, 0.5) is 0 Å². The van der Waals surface area contributed by atoms with E-state index in [4.69, 9.17) is 0 Å². The standard InChI is InChI=1S/C15H21N3/c1-2-10-18-11-7-14(13-18)12-16-9-6-15-5-3-4-8-17-15/h3-5,7-8,11,13,16H,2,6,9-10,12H2,1H3. The number of nitrogens with one attached hydrogen (secondary N) is 1. The van der Waals surface area contributed by atoms with E-state index in [1.165, 1.54) is 12.0 Å². The van der Waals surface area contributed by atoms with E-state index in [1.807, 2.05) is 18.3 Å². The summed E-state index contributed by atoms with van der Waals surface area (Å²) in [6, 6.07) is 8.24. The molecule has 0 saturated heterocycles. The summed E-state index contributed by atoms with van der Waals surface area (Å²) in [6.45, 7) is 5.21. The van der Waals surface area contributed by atoms with Crippen molar-refractivity contribution in [3.05, 3.63) is 54.1 Å². The minimum atomic E-state index is 0.934. The van der Waals surface area contributed by atoms with Crippen molar-refractivity contribution in [2.75, 3.05) is 6.54 Å². The molecule has 2 aromatic rings. The molecule has 0 saturated carbocycles. The normalized spacial score (nSPS) is 10.7. The van der Waals surface area contributed by atoms with Gasteiger partial charge in [-0.25, -0.2) is 0 Å². The second kappa shape index (κ2) is 6.97. The van der Waals surface area contributed by atoms with Crippen LogP contribution in [0.2, 0.25) is 0 Å². The lowest BCUT2D eigenvalue weighted by Gasteiger charge is -2.03. The second-order valence-electron chi connectivity index (χ2n) is 4.51. The van der Waals surface area contributed by atoms with Crippen LogP contribution in [0.25, 0.3) is 0 Å². The van der Waals surface area contributed by atoms with Crippen molar-refractivity contribution in [1.82, 2.24) is 14.9 Å². The van der Waals surface area contributed by atoms with Gasteiger partial charge >= 0.3 is 0 Å². The molecule has 3 heteroatoms. The van der Waals surface area contributed by atoms with Crippen LogP contribution in [0, 0.1) is 0 Å². The largest absolute Gasteiger partial charge is 0.354 e. The van der Waals surface area contributed by atoms with Gasteiger partial charge in [0.2, 0.25) is 0 Å². The number of aryl methyl sites for hydroxylation is 1. The van der Waals surface area contributed by atoms with Crippen molar-refractivity contribution in [2.24, 2.45) is 0 Å². The minimum absolute atomic E-state index is 0.934. The van der Waals surface area contributed by atoms with Crippen molar-refractivity contribution in [3.8, 4) is 0 Å². The number of rotatable bonds is 7. The van der Waals surface area contributed by atoms with Crippen molar-refractivity contribution in [2.45, 2.75) is 32.9 Å². The summed E-state index contributed by atoms with van der Waals surface area (Å²) in [6.07, 6.45) is 8.38. The Kier molecular flexibility index (Phi) is 4.97. The fraction of sp³-hybridized carbons (Fsp3) is 0.400. The van der Waals surface area contributed by atoms with Gasteiger partial charge in [0.15, 0.2) is 0 Å². The average Bonchev–Trinajstić information content (AvgIpc) is 2.84. The van der Waals surface area contributed by atoms with Gasteiger partial charge in [0.1, 0.15) is 0 Å². The van der Waals surface area contributed by atoms with Crippen molar-refractivity contribution in [1.29, 1.82) is 0 Å². The first kappa shape index (κ1) is 12.8. The molecule has 0 amide bonds. The van der Waals surface area contributed by atoms with E-state index in [0.29, 0.717) is 0 Å². The first-order valence-electron chi connectivity index (χ1n) is 6.64. The molecule has 3 nitrogen and oxygen atoms in total. The molecule has 96 valence electrons. The molecule has 0 aliphatic carbocycles. The molecule has 0 aromatic carbocycles.